The standard InChI is InChI=1S/C23H39N5O2.HI/c1-18(2)27-11-9-20(10-12-27)26-23(24-3)25-17-22(28-13-15-30-16-14-28)19-5-7-21(29-4)8-6-19;/h5-8,18,20,22H,9-17H2,1-4H3,(H2,24,25,26);1H. The van der Waals surface area contributed by atoms with Crippen LogP contribution in [0.15, 0.2) is 29.3 Å². The molecule has 1 atom stereocenters. The van der Waals surface area contributed by atoms with Crippen molar-refractivity contribution in [1.82, 2.24) is 20.4 Å². The number of piperidine rings is 1. The van der Waals surface area contributed by atoms with E-state index < -0.39 is 0 Å². The third-order valence-electron chi connectivity index (χ3n) is 6.27. The molecule has 2 aliphatic heterocycles. The summed E-state index contributed by atoms with van der Waals surface area (Å²) in [6, 6.07) is 9.78. The quantitative estimate of drug-likeness (QED) is 0.312. The lowest BCUT2D eigenvalue weighted by molar-refractivity contribution is 0.0169. The normalized spacial score (nSPS) is 20.2. The van der Waals surface area contributed by atoms with Gasteiger partial charge in [-0.2, -0.15) is 0 Å². The molecule has 0 spiro atoms. The summed E-state index contributed by atoms with van der Waals surface area (Å²) in [6.45, 7) is 11.1. The lowest BCUT2D eigenvalue weighted by atomic mass is 10.0. The van der Waals surface area contributed by atoms with Gasteiger partial charge < -0.3 is 25.0 Å². The van der Waals surface area contributed by atoms with Crippen LogP contribution in [0.3, 0.4) is 0 Å². The highest BCUT2D eigenvalue weighted by molar-refractivity contribution is 14.0. The molecule has 2 heterocycles. The van der Waals surface area contributed by atoms with Gasteiger partial charge in [0.15, 0.2) is 5.96 Å². The van der Waals surface area contributed by atoms with E-state index in [4.69, 9.17) is 9.47 Å². The zero-order valence-corrected chi connectivity index (χ0v) is 21.8. The van der Waals surface area contributed by atoms with Crippen LogP contribution in [0.5, 0.6) is 5.75 Å². The lowest BCUT2D eigenvalue weighted by Crippen LogP contribution is -2.51. The third kappa shape index (κ3) is 7.76. The molecule has 2 aliphatic rings. The van der Waals surface area contributed by atoms with Crippen molar-refractivity contribution in [2.45, 2.75) is 44.8 Å². The maximum Gasteiger partial charge on any atom is 0.191 e. The number of methoxy groups -OCH3 is 1. The minimum atomic E-state index is 0. The summed E-state index contributed by atoms with van der Waals surface area (Å²) in [6.07, 6.45) is 2.31. The number of benzene rings is 1. The van der Waals surface area contributed by atoms with Crippen molar-refractivity contribution in [1.29, 1.82) is 0 Å². The highest BCUT2D eigenvalue weighted by Gasteiger charge is 2.24. The van der Waals surface area contributed by atoms with Gasteiger partial charge in [-0.25, -0.2) is 0 Å². The number of hydrogen-bond donors (Lipinski definition) is 2. The molecule has 0 aliphatic carbocycles. The van der Waals surface area contributed by atoms with Crippen molar-refractivity contribution in [3.8, 4) is 5.75 Å². The van der Waals surface area contributed by atoms with Crippen LogP contribution >= 0.6 is 24.0 Å². The van der Waals surface area contributed by atoms with Crippen LogP contribution in [0.2, 0.25) is 0 Å². The van der Waals surface area contributed by atoms with E-state index in [9.17, 15) is 0 Å². The maximum absolute atomic E-state index is 5.57. The fraction of sp³-hybridized carbons (Fsp3) is 0.696. The Hall–Kier alpha value is -1.10. The van der Waals surface area contributed by atoms with Crippen molar-refractivity contribution >= 4 is 29.9 Å². The van der Waals surface area contributed by atoms with Gasteiger partial charge >= 0.3 is 0 Å². The van der Waals surface area contributed by atoms with Gasteiger partial charge in [-0.15, -0.1) is 24.0 Å². The molecule has 8 heteroatoms. The molecule has 2 saturated heterocycles. The van der Waals surface area contributed by atoms with Gasteiger partial charge in [0.25, 0.3) is 0 Å². The summed E-state index contributed by atoms with van der Waals surface area (Å²) in [5.41, 5.74) is 1.28. The Labute approximate surface area is 205 Å². The highest BCUT2D eigenvalue weighted by atomic mass is 127. The van der Waals surface area contributed by atoms with Gasteiger partial charge in [0.2, 0.25) is 0 Å². The van der Waals surface area contributed by atoms with E-state index in [2.05, 4.69) is 51.4 Å². The number of nitrogens with one attached hydrogen (secondary N) is 2. The van der Waals surface area contributed by atoms with Crippen molar-refractivity contribution in [3.05, 3.63) is 29.8 Å². The minimum absolute atomic E-state index is 0. The summed E-state index contributed by atoms with van der Waals surface area (Å²) < 4.78 is 10.9. The number of likely N-dealkylation sites (tertiary alicyclic amines) is 1. The molecule has 0 amide bonds. The van der Waals surface area contributed by atoms with Gasteiger partial charge in [0.05, 0.1) is 26.4 Å². The van der Waals surface area contributed by atoms with E-state index in [-0.39, 0.29) is 30.0 Å². The topological polar surface area (TPSA) is 61.4 Å². The fourth-order valence-corrected chi connectivity index (χ4v) is 4.31. The largest absolute Gasteiger partial charge is 0.497 e. The number of halogens is 1. The van der Waals surface area contributed by atoms with Crippen molar-refractivity contribution in [3.63, 3.8) is 0 Å². The minimum Gasteiger partial charge on any atom is -0.497 e. The molecule has 0 aromatic heterocycles. The number of hydrogen-bond acceptors (Lipinski definition) is 5. The Morgan fingerprint density at radius 2 is 1.74 bits per heavy atom. The molecule has 7 nitrogen and oxygen atoms in total. The molecule has 1 aromatic rings. The Bertz CT molecular complexity index is 656. The van der Waals surface area contributed by atoms with Gasteiger partial charge in [-0.1, -0.05) is 12.1 Å². The smallest absolute Gasteiger partial charge is 0.191 e. The molecule has 3 rings (SSSR count). The number of aliphatic imine (C=N–C) groups is 1. The first-order valence-electron chi connectivity index (χ1n) is 11.3. The molecule has 1 aromatic carbocycles. The zero-order chi connectivity index (χ0) is 21.3. The zero-order valence-electron chi connectivity index (χ0n) is 19.5. The van der Waals surface area contributed by atoms with E-state index in [0.29, 0.717) is 12.1 Å². The first-order valence-corrected chi connectivity index (χ1v) is 11.3. The van der Waals surface area contributed by atoms with E-state index in [0.717, 1.165) is 70.5 Å². The van der Waals surface area contributed by atoms with Gasteiger partial charge in [-0.05, 0) is 44.4 Å². The maximum atomic E-state index is 5.57. The van der Waals surface area contributed by atoms with Crippen LogP contribution in [-0.2, 0) is 4.74 Å². The lowest BCUT2D eigenvalue weighted by Gasteiger charge is -2.37. The number of morpholine rings is 1. The molecule has 176 valence electrons. The second kappa shape index (κ2) is 13.4. The summed E-state index contributed by atoms with van der Waals surface area (Å²) in [4.78, 5) is 9.53. The van der Waals surface area contributed by atoms with E-state index >= 15 is 0 Å². The van der Waals surface area contributed by atoms with E-state index in [1.54, 1.807) is 7.11 Å². The monoisotopic (exact) mass is 545 g/mol. The fourth-order valence-electron chi connectivity index (χ4n) is 4.31. The first-order chi connectivity index (χ1) is 14.6. The summed E-state index contributed by atoms with van der Waals surface area (Å²) >= 11 is 0. The Morgan fingerprint density at radius 1 is 1.10 bits per heavy atom. The Balaban J connectivity index is 0.00000341. The first kappa shape index (κ1) is 26.2. The van der Waals surface area contributed by atoms with Crippen LogP contribution in [-0.4, -0.2) is 87.9 Å². The number of guanidine groups is 1. The van der Waals surface area contributed by atoms with Gasteiger partial charge in [-0.3, -0.25) is 9.89 Å². The van der Waals surface area contributed by atoms with Crippen molar-refractivity contribution in [2.75, 3.05) is 60.1 Å². The molecular weight excluding hydrogens is 505 g/mol. The Kier molecular flexibility index (Phi) is 11.3. The SMILES string of the molecule is CN=C(NCC(c1ccc(OC)cc1)N1CCOCC1)NC1CCN(C(C)C)CC1.I. The van der Waals surface area contributed by atoms with Crippen molar-refractivity contribution < 1.29 is 9.47 Å². The predicted molar refractivity (Wildman–Crippen MR) is 138 cm³/mol. The molecule has 31 heavy (non-hydrogen) atoms. The molecule has 2 N–H and O–H groups in total. The van der Waals surface area contributed by atoms with Crippen LogP contribution in [0.25, 0.3) is 0 Å². The average Bonchev–Trinajstić information content (AvgIpc) is 2.80. The second-order valence-corrected chi connectivity index (χ2v) is 8.44. The molecular formula is C23H40IN5O2. The number of ether oxygens (including phenoxy) is 2. The highest BCUT2D eigenvalue weighted by Crippen LogP contribution is 2.23. The van der Waals surface area contributed by atoms with E-state index in [1.807, 2.05) is 19.2 Å². The van der Waals surface area contributed by atoms with Crippen LogP contribution in [0, 0.1) is 0 Å². The molecule has 0 saturated carbocycles. The van der Waals surface area contributed by atoms with Gasteiger partial charge in [0, 0.05) is 51.9 Å². The summed E-state index contributed by atoms with van der Waals surface area (Å²) in [5, 5.41) is 7.23. The molecule has 0 bridgehead atoms. The van der Waals surface area contributed by atoms with Crippen LogP contribution < -0.4 is 15.4 Å². The van der Waals surface area contributed by atoms with Crippen molar-refractivity contribution in [2.24, 2.45) is 4.99 Å². The summed E-state index contributed by atoms with van der Waals surface area (Å²) in [7, 11) is 3.56. The molecule has 1 unspecified atom stereocenters. The third-order valence-corrected chi connectivity index (χ3v) is 6.27. The predicted octanol–water partition coefficient (Wildman–Crippen LogP) is 2.72. The summed E-state index contributed by atoms with van der Waals surface area (Å²) in [5.74, 6) is 1.78. The molecule has 2 fully saturated rings. The number of nitrogens with zero attached hydrogens (tertiary/aromatic N) is 3. The second-order valence-electron chi connectivity index (χ2n) is 8.44. The number of rotatable bonds is 7. The van der Waals surface area contributed by atoms with Crippen LogP contribution in [0.1, 0.15) is 38.3 Å². The Morgan fingerprint density at radius 3 is 2.29 bits per heavy atom. The van der Waals surface area contributed by atoms with Gasteiger partial charge in [0.1, 0.15) is 5.75 Å². The molecule has 0 radical (unpaired) electrons. The van der Waals surface area contributed by atoms with Crippen LogP contribution in [0.4, 0.5) is 0 Å². The average molecular weight is 546 g/mol. The van der Waals surface area contributed by atoms with E-state index in [1.165, 1.54) is 5.56 Å².